The molecule has 0 spiro atoms. The van der Waals surface area contributed by atoms with E-state index in [2.05, 4.69) is 15.4 Å². The quantitative estimate of drug-likeness (QED) is 0.602. The smallest absolute Gasteiger partial charge is 0.338 e. The zero-order valence-corrected chi connectivity index (χ0v) is 8.77. The molecule has 0 aliphatic carbocycles. The predicted octanol–water partition coefficient (Wildman–Crippen LogP) is 0.823. The molecule has 0 bridgehead atoms. The van der Waals surface area contributed by atoms with Crippen LogP contribution in [-0.2, 0) is 13.5 Å². The number of hydrogen-bond donors (Lipinski definition) is 1. The molecule has 1 aromatic carbocycles. The second-order valence-electron chi connectivity index (χ2n) is 3.77. The van der Waals surface area contributed by atoms with Gasteiger partial charge in [-0.3, -0.25) is 0 Å². The van der Waals surface area contributed by atoms with Crippen molar-refractivity contribution in [2.24, 2.45) is 7.05 Å². The summed E-state index contributed by atoms with van der Waals surface area (Å²) < 4.78 is 1.26. The van der Waals surface area contributed by atoms with Gasteiger partial charge in [-0.15, -0.1) is 0 Å². The van der Waals surface area contributed by atoms with Crippen LogP contribution in [0, 0.1) is 0 Å². The highest BCUT2D eigenvalue weighted by Gasteiger charge is 2.17. The lowest BCUT2D eigenvalue weighted by molar-refractivity contribution is 0.653. The van der Waals surface area contributed by atoms with Crippen LogP contribution in [0.25, 0.3) is 0 Å². The lowest BCUT2D eigenvalue weighted by atomic mass is 10.0. The van der Waals surface area contributed by atoms with Gasteiger partial charge in [-0.1, -0.05) is 18.2 Å². The molecule has 2 aromatic rings. The molecule has 1 aliphatic rings. The third kappa shape index (κ3) is 1.29. The Hall–Kier alpha value is -2.17. The number of benzene rings is 1. The molecule has 2 heterocycles. The van der Waals surface area contributed by atoms with Gasteiger partial charge in [-0.2, -0.15) is 10.1 Å². The van der Waals surface area contributed by atoms with E-state index in [0.717, 1.165) is 11.4 Å². The third-order valence-corrected chi connectivity index (χ3v) is 2.66. The lowest BCUT2D eigenvalue weighted by Gasteiger charge is -2.19. The number of nitrogens with one attached hydrogen (secondary N) is 1. The summed E-state index contributed by atoms with van der Waals surface area (Å²) in [6.07, 6.45) is 0.708. The standard InChI is InChI=1S/C11H10N4O/c1-15-11(16)13-10-9(14-15)6-7-4-2-3-5-8(7)12-10/h2-5H,6H2,1H3,(H,12,13,16). The summed E-state index contributed by atoms with van der Waals surface area (Å²) in [5.41, 5.74) is 2.63. The van der Waals surface area contributed by atoms with Gasteiger partial charge in [-0.05, 0) is 11.6 Å². The molecule has 0 unspecified atom stereocenters. The molecule has 5 nitrogen and oxygen atoms in total. The van der Waals surface area contributed by atoms with Crippen LogP contribution >= 0.6 is 0 Å². The fourth-order valence-electron chi connectivity index (χ4n) is 1.83. The first kappa shape index (κ1) is 9.08. The van der Waals surface area contributed by atoms with Crippen molar-refractivity contribution in [1.82, 2.24) is 14.8 Å². The molecule has 3 rings (SSSR count). The fourth-order valence-corrected chi connectivity index (χ4v) is 1.83. The van der Waals surface area contributed by atoms with Gasteiger partial charge in [0, 0.05) is 19.2 Å². The number of fused-ring (bicyclic) bond motifs is 2. The summed E-state index contributed by atoms with van der Waals surface area (Å²) in [7, 11) is 1.61. The maximum absolute atomic E-state index is 11.4. The fraction of sp³-hybridized carbons (Fsp3) is 0.182. The van der Waals surface area contributed by atoms with Crippen LogP contribution in [0.3, 0.4) is 0 Å². The van der Waals surface area contributed by atoms with Crippen molar-refractivity contribution in [3.8, 4) is 0 Å². The van der Waals surface area contributed by atoms with Crippen LogP contribution in [-0.4, -0.2) is 14.8 Å². The van der Waals surface area contributed by atoms with Crippen LogP contribution in [0.1, 0.15) is 11.3 Å². The number of aryl methyl sites for hydroxylation is 1. The third-order valence-electron chi connectivity index (χ3n) is 2.66. The zero-order valence-electron chi connectivity index (χ0n) is 8.77. The number of anilines is 2. The summed E-state index contributed by atoms with van der Waals surface area (Å²) in [6.45, 7) is 0. The van der Waals surface area contributed by atoms with E-state index in [1.54, 1.807) is 7.05 Å². The molecule has 0 fully saturated rings. The Morgan fingerprint density at radius 3 is 3.06 bits per heavy atom. The Labute approximate surface area is 91.8 Å². The van der Waals surface area contributed by atoms with Crippen LogP contribution < -0.4 is 11.0 Å². The van der Waals surface area contributed by atoms with Crippen molar-refractivity contribution in [1.29, 1.82) is 0 Å². The van der Waals surface area contributed by atoms with E-state index in [9.17, 15) is 4.79 Å². The minimum Gasteiger partial charge on any atom is -0.338 e. The normalized spacial score (nSPS) is 12.6. The zero-order chi connectivity index (χ0) is 11.1. The summed E-state index contributed by atoms with van der Waals surface area (Å²) >= 11 is 0. The summed E-state index contributed by atoms with van der Waals surface area (Å²) in [5.74, 6) is 0.571. The number of aromatic nitrogens is 3. The molecular formula is C11H10N4O. The Morgan fingerprint density at radius 2 is 2.19 bits per heavy atom. The van der Waals surface area contributed by atoms with Gasteiger partial charge in [0.05, 0.1) is 0 Å². The predicted molar refractivity (Wildman–Crippen MR) is 59.8 cm³/mol. The van der Waals surface area contributed by atoms with Crippen molar-refractivity contribution >= 4 is 11.5 Å². The van der Waals surface area contributed by atoms with Crippen LogP contribution in [0.5, 0.6) is 0 Å². The average molecular weight is 214 g/mol. The van der Waals surface area contributed by atoms with Crippen molar-refractivity contribution in [3.05, 3.63) is 46.0 Å². The second-order valence-corrected chi connectivity index (χ2v) is 3.77. The summed E-state index contributed by atoms with van der Waals surface area (Å²) in [6, 6.07) is 7.95. The van der Waals surface area contributed by atoms with E-state index in [0.29, 0.717) is 12.2 Å². The van der Waals surface area contributed by atoms with E-state index >= 15 is 0 Å². The molecule has 80 valence electrons. The van der Waals surface area contributed by atoms with Crippen LogP contribution in [0.15, 0.2) is 29.1 Å². The minimum atomic E-state index is -0.342. The van der Waals surface area contributed by atoms with Crippen molar-refractivity contribution in [2.45, 2.75) is 6.42 Å². The number of rotatable bonds is 0. The highest BCUT2D eigenvalue weighted by Crippen LogP contribution is 2.28. The van der Waals surface area contributed by atoms with E-state index < -0.39 is 0 Å². The van der Waals surface area contributed by atoms with Gasteiger partial charge in [0.15, 0.2) is 5.82 Å². The van der Waals surface area contributed by atoms with Crippen LogP contribution in [0.2, 0.25) is 0 Å². The number of para-hydroxylation sites is 1. The average Bonchev–Trinajstić information content (AvgIpc) is 2.28. The van der Waals surface area contributed by atoms with E-state index in [1.165, 1.54) is 10.2 Å². The molecule has 0 atom stereocenters. The summed E-state index contributed by atoms with van der Waals surface area (Å²) in [4.78, 5) is 15.3. The Balaban J connectivity index is 2.16. The molecule has 0 saturated heterocycles. The molecule has 1 N–H and O–H groups in total. The molecule has 0 saturated carbocycles. The molecule has 5 heteroatoms. The second kappa shape index (κ2) is 3.16. The monoisotopic (exact) mass is 214 g/mol. The minimum absolute atomic E-state index is 0.342. The highest BCUT2D eigenvalue weighted by molar-refractivity contribution is 5.66. The number of hydrogen-bond acceptors (Lipinski definition) is 4. The van der Waals surface area contributed by atoms with Crippen molar-refractivity contribution in [3.63, 3.8) is 0 Å². The molecule has 0 radical (unpaired) electrons. The Kier molecular flexibility index (Phi) is 1.80. The van der Waals surface area contributed by atoms with Gasteiger partial charge in [0.2, 0.25) is 0 Å². The lowest BCUT2D eigenvalue weighted by Crippen LogP contribution is -2.27. The first-order valence-corrected chi connectivity index (χ1v) is 5.03. The van der Waals surface area contributed by atoms with Gasteiger partial charge in [-0.25, -0.2) is 9.48 Å². The first-order chi connectivity index (χ1) is 7.74. The highest BCUT2D eigenvalue weighted by atomic mass is 16.1. The molecule has 1 aliphatic heterocycles. The largest absolute Gasteiger partial charge is 0.365 e. The van der Waals surface area contributed by atoms with Crippen molar-refractivity contribution in [2.75, 3.05) is 5.32 Å². The van der Waals surface area contributed by atoms with E-state index in [4.69, 9.17) is 0 Å². The maximum Gasteiger partial charge on any atom is 0.365 e. The Morgan fingerprint density at radius 1 is 1.38 bits per heavy atom. The van der Waals surface area contributed by atoms with Gasteiger partial charge < -0.3 is 5.32 Å². The molecular weight excluding hydrogens is 204 g/mol. The number of nitrogens with zero attached hydrogens (tertiary/aromatic N) is 3. The van der Waals surface area contributed by atoms with Crippen LogP contribution in [0.4, 0.5) is 11.5 Å². The van der Waals surface area contributed by atoms with Crippen molar-refractivity contribution < 1.29 is 0 Å². The SMILES string of the molecule is Cn1nc2c(nc1=O)Nc1ccccc1C2. The van der Waals surface area contributed by atoms with E-state index in [1.807, 2.05) is 24.3 Å². The van der Waals surface area contributed by atoms with Gasteiger partial charge in [0.25, 0.3) is 0 Å². The maximum atomic E-state index is 11.4. The first-order valence-electron chi connectivity index (χ1n) is 5.03. The topological polar surface area (TPSA) is 59.8 Å². The van der Waals surface area contributed by atoms with Gasteiger partial charge >= 0.3 is 5.69 Å². The summed E-state index contributed by atoms with van der Waals surface area (Å²) in [5, 5.41) is 7.31. The molecule has 16 heavy (non-hydrogen) atoms. The Bertz CT molecular complexity index is 618. The molecule has 1 aromatic heterocycles. The van der Waals surface area contributed by atoms with Gasteiger partial charge in [0.1, 0.15) is 5.69 Å². The van der Waals surface area contributed by atoms with E-state index in [-0.39, 0.29) is 5.69 Å². The molecule has 0 amide bonds.